The quantitative estimate of drug-likeness (QED) is 0.792. The van der Waals surface area contributed by atoms with Gasteiger partial charge in [0.25, 0.3) is 0 Å². The Morgan fingerprint density at radius 3 is 3.04 bits per heavy atom. The van der Waals surface area contributed by atoms with Gasteiger partial charge >= 0.3 is 0 Å². The Morgan fingerprint density at radius 1 is 1.26 bits per heavy atom. The molecule has 1 aliphatic rings. The Kier molecular flexibility index (Phi) is 3.41. The van der Waals surface area contributed by atoms with E-state index in [0.717, 1.165) is 34.9 Å². The molecule has 3 heteroatoms. The molecule has 23 heavy (non-hydrogen) atoms. The summed E-state index contributed by atoms with van der Waals surface area (Å²) in [7, 11) is 0. The second-order valence-electron chi connectivity index (χ2n) is 6.29. The first-order chi connectivity index (χ1) is 11.2. The molecule has 1 unspecified atom stereocenters. The van der Waals surface area contributed by atoms with Crippen LogP contribution in [0.2, 0.25) is 0 Å². The van der Waals surface area contributed by atoms with Gasteiger partial charge in [0.2, 0.25) is 5.91 Å². The Hall–Kier alpha value is -2.55. The molecule has 3 aromatic rings. The predicted octanol–water partition coefficient (Wildman–Crippen LogP) is 4.09. The van der Waals surface area contributed by atoms with Gasteiger partial charge in [0, 0.05) is 10.9 Å². The highest BCUT2D eigenvalue weighted by atomic mass is 16.3. The summed E-state index contributed by atoms with van der Waals surface area (Å²) in [6, 6.07) is 14.6. The van der Waals surface area contributed by atoms with Crippen molar-refractivity contribution in [3.05, 3.63) is 71.0 Å². The summed E-state index contributed by atoms with van der Waals surface area (Å²) in [5, 5.41) is 4.19. The van der Waals surface area contributed by atoms with Crippen molar-refractivity contribution in [1.82, 2.24) is 5.32 Å². The molecule has 0 spiro atoms. The molecule has 1 heterocycles. The van der Waals surface area contributed by atoms with Crippen molar-refractivity contribution in [2.45, 2.75) is 32.2 Å². The minimum atomic E-state index is 0.0509. The standard InChI is InChI=1S/C20H19NO2/c1-13-6-8-17-15(12-23-19(17)10-13)11-20(22)21-18-9-7-14-4-2-3-5-16(14)18/h2-6,8,10,12,18H,7,9,11H2,1H3,(H,21,22). The summed E-state index contributed by atoms with van der Waals surface area (Å²) < 4.78 is 5.58. The van der Waals surface area contributed by atoms with Crippen molar-refractivity contribution < 1.29 is 9.21 Å². The summed E-state index contributed by atoms with van der Waals surface area (Å²) in [6.07, 6.45) is 4.08. The average molecular weight is 305 g/mol. The second kappa shape index (κ2) is 5.58. The van der Waals surface area contributed by atoms with Crippen LogP contribution in [0.4, 0.5) is 0 Å². The minimum Gasteiger partial charge on any atom is -0.464 e. The third-order valence-electron chi connectivity index (χ3n) is 4.63. The van der Waals surface area contributed by atoms with Gasteiger partial charge in [0.1, 0.15) is 5.58 Å². The molecule has 3 nitrogen and oxygen atoms in total. The summed E-state index contributed by atoms with van der Waals surface area (Å²) in [4.78, 5) is 12.4. The third-order valence-corrected chi connectivity index (χ3v) is 4.63. The van der Waals surface area contributed by atoms with Crippen molar-refractivity contribution in [1.29, 1.82) is 0 Å². The van der Waals surface area contributed by atoms with Crippen molar-refractivity contribution >= 4 is 16.9 Å². The van der Waals surface area contributed by atoms with E-state index >= 15 is 0 Å². The molecule has 2 aromatic carbocycles. The molecule has 1 atom stereocenters. The van der Waals surface area contributed by atoms with Crippen LogP contribution < -0.4 is 5.32 Å². The maximum absolute atomic E-state index is 12.4. The van der Waals surface area contributed by atoms with Gasteiger partial charge in [0.05, 0.1) is 18.7 Å². The number of nitrogens with one attached hydrogen (secondary N) is 1. The summed E-state index contributed by atoms with van der Waals surface area (Å²) >= 11 is 0. The SMILES string of the molecule is Cc1ccc2c(CC(=O)NC3CCc4ccccc43)coc2c1. The lowest BCUT2D eigenvalue weighted by Gasteiger charge is -2.13. The number of aryl methyl sites for hydroxylation is 2. The van der Waals surface area contributed by atoms with E-state index in [1.54, 1.807) is 6.26 Å². The number of hydrogen-bond donors (Lipinski definition) is 1. The molecule has 1 N–H and O–H groups in total. The maximum Gasteiger partial charge on any atom is 0.225 e. The highest BCUT2D eigenvalue weighted by Gasteiger charge is 2.23. The topological polar surface area (TPSA) is 42.2 Å². The van der Waals surface area contributed by atoms with Crippen LogP contribution in [0.5, 0.6) is 0 Å². The van der Waals surface area contributed by atoms with Crippen LogP contribution in [-0.4, -0.2) is 5.91 Å². The van der Waals surface area contributed by atoms with E-state index in [0.29, 0.717) is 6.42 Å². The monoisotopic (exact) mass is 305 g/mol. The first-order valence-electron chi connectivity index (χ1n) is 8.04. The van der Waals surface area contributed by atoms with Crippen molar-refractivity contribution in [3.63, 3.8) is 0 Å². The van der Waals surface area contributed by atoms with Crippen LogP contribution in [0.1, 0.15) is 34.7 Å². The third kappa shape index (κ3) is 2.63. The number of amides is 1. The lowest BCUT2D eigenvalue weighted by atomic mass is 10.1. The number of hydrogen-bond acceptors (Lipinski definition) is 2. The van der Waals surface area contributed by atoms with Crippen LogP contribution >= 0.6 is 0 Å². The first kappa shape index (κ1) is 14.1. The lowest BCUT2D eigenvalue weighted by Crippen LogP contribution is -2.28. The molecule has 1 amide bonds. The van der Waals surface area contributed by atoms with E-state index in [2.05, 4.69) is 23.5 Å². The van der Waals surface area contributed by atoms with Crippen LogP contribution in [0.3, 0.4) is 0 Å². The molecule has 116 valence electrons. The Labute approximate surface area is 135 Å². The van der Waals surface area contributed by atoms with Gasteiger partial charge in [-0.1, -0.05) is 36.4 Å². The summed E-state index contributed by atoms with van der Waals surface area (Å²) in [5.41, 5.74) is 5.56. The maximum atomic E-state index is 12.4. The van der Waals surface area contributed by atoms with Crippen LogP contribution in [0, 0.1) is 6.92 Å². The molecule has 4 rings (SSSR count). The normalized spacial score (nSPS) is 16.5. The molecular weight excluding hydrogens is 286 g/mol. The summed E-state index contributed by atoms with van der Waals surface area (Å²) in [6.45, 7) is 2.03. The van der Waals surface area contributed by atoms with E-state index in [1.165, 1.54) is 11.1 Å². The minimum absolute atomic E-state index is 0.0509. The lowest BCUT2D eigenvalue weighted by molar-refractivity contribution is -0.121. The predicted molar refractivity (Wildman–Crippen MR) is 90.3 cm³/mol. The Bertz CT molecular complexity index is 878. The fourth-order valence-corrected chi connectivity index (χ4v) is 3.45. The summed E-state index contributed by atoms with van der Waals surface area (Å²) in [5.74, 6) is 0.0509. The second-order valence-corrected chi connectivity index (χ2v) is 6.29. The van der Waals surface area contributed by atoms with E-state index in [9.17, 15) is 4.79 Å². The van der Waals surface area contributed by atoms with Crippen molar-refractivity contribution in [3.8, 4) is 0 Å². The first-order valence-corrected chi connectivity index (χ1v) is 8.04. The van der Waals surface area contributed by atoms with E-state index in [1.807, 2.05) is 31.2 Å². The number of rotatable bonds is 3. The van der Waals surface area contributed by atoms with Crippen LogP contribution in [0.25, 0.3) is 11.0 Å². The Morgan fingerprint density at radius 2 is 2.13 bits per heavy atom. The zero-order chi connectivity index (χ0) is 15.8. The molecule has 1 aliphatic carbocycles. The number of fused-ring (bicyclic) bond motifs is 2. The van der Waals surface area contributed by atoms with Gasteiger partial charge in [0.15, 0.2) is 0 Å². The smallest absolute Gasteiger partial charge is 0.225 e. The highest BCUT2D eigenvalue weighted by Crippen LogP contribution is 2.31. The Balaban J connectivity index is 1.50. The zero-order valence-corrected chi connectivity index (χ0v) is 13.1. The molecule has 0 saturated carbocycles. The molecule has 0 radical (unpaired) electrons. The van der Waals surface area contributed by atoms with E-state index in [4.69, 9.17) is 4.42 Å². The molecule has 0 saturated heterocycles. The molecule has 0 bridgehead atoms. The van der Waals surface area contributed by atoms with E-state index < -0.39 is 0 Å². The van der Waals surface area contributed by atoms with Gasteiger partial charge in [-0.3, -0.25) is 4.79 Å². The molecule has 0 fully saturated rings. The van der Waals surface area contributed by atoms with Crippen molar-refractivity contribution in [2.24, 2.45) is 0 Å². The van der Waals surface area contributed by atoms with Gasteiger partial charge in [-0.25, -0.2) is 0 Å². The zero-order valence-electron chi connectivity index (χ0n) is 13.1. The van der Waals surface area contributed by atoms with Gasteiger partial charge in [-0.2, -0.15) is 0 Å². The van der Waals surface area contributed by atoms with Crippen molar-refractivity contribution in [2.75, 3.05) is 0 Å². The van der Waals surface area contributed by atoms with Gasteiger partial charge in [-0.05, 0) is 42.5 Å². The van der Waals surface area contributed by atoms with Crippen LogP contribution in [-0.2, 0) is 17.6 Å². The number of carbonyl (C=O) groups is 1. The van der Waals surface area contributed by atoms with E-state index in [-0.39, 0.29) is 11.9 Å². The fraction of sp³-hybridized carbons (Fsp3) is 0.250. The number of benzene rings is 2. The molecular formula is C20H19NO2. The fourth-order valence-electron chi connectivity index (χ4n) is 3.45. The van der Waals surface area contributed by atoms with Gasteiger partial charge < -0.3 is 9.73 Å². The number of carbonyl (C=O) groups excluding carboxylic acids is 1. The molecule has 1 aromatic heterocycles. The van der Waals surface area contributed by atoms with Gasteiger partial charge in [-0.15, -0.1) is 0 Å². The average Bonchev–Trinajstić information content (AvgIpc) is 3.12. The largest absolute Gasteiger partial charge is 0.464 e. The number of furan rings is 1. The molecule has 0 aliphatic heterocycles. The van der Waals surface area contributed by atoms with Crippen LogP contribution in [0.15, 0.2) is 53.1 Å². The highest BCUT2D eigenvalue weighted by molar-refractivity contribution is 5.88.